The van der Waals surface area contributed by atoms with E-state index < -0.39 is 41.2 Å². The van der Waals surface area contributed by atoms with E-state index in [2.05, 4.69) is 21.2 Å². The van der Waals surface area contributed by atoms with E-state index in [1.54, 1.807) is 42.5 Å². The Hall–Kier alpha value is -3.49. The van der Waals surface area contributed by atoms with Gasteiger partial charge in [0.1, 0.15) is 5.75 Å². The number of imide groups is 1. The van der Waals surface area contributed by atoms with Gasteiger partial charge in [-0.3, -0.25) is 14.9 Å². The van der Waals surface area contributed by atoms with E-state index in [1.165, 1.54) is 11.0 Å². The van der Waals surface area contributed by atoms with Crippen LogP contribution >= 0.6 is 15.9 Å². The maximum absolute atomic E-state index is 14.3. The fraction of sp³-hybridized carbons (Fsp3) is 0.276. The summed E-state index contributed by atoms with van der Waals surface area (Å²) in [5, 5.41) is 24.6. The molecule has 5 rings (SSSR count). The minimum Gasteiger partial charge on any atom is -0.508 e. The SMILES string of the molecule is CCc1cccc(CC)c1N1C(=O)C2C(c3cc(Br)ccc3O)NC(C(=O)O)(c3ccccc3)C2C1=O. The number of aromatic hydroxyl groups is 1. The molecule has 0 aromatic heterocycles. The van der Waals surface area contributed by atoms with Gasteiger partial charge in [-0.2, -0.15) is 0 Å². The summed E-state index contributed by atoms with van der Waals surface area (Å²) in [6.45, 7) is 3.92. The van der Waals surface area contributed by atoms with Crippen LogP contribution in [0, 0.1) is 11.8 Å². The van der Waals surface area contributed by atoms with Gasteiger partial charge in [0, 0.05) is 16.1 Å². The number of benzene rings is 3. The van der Waals surface area contributed by atoms with Crippen LogP contribution in [0.3, 0.4) is 0 Å². The number of nitrogens with one attached hydrogen (secondary N) is 1. The second kappa shape index (κ2) is 9.43. The molecule has 3 aromatic carbocycles. The van der Waals surface area contributed by atoms with Gasteiger partial charge in [0.25, 0.3) is 0 Å². The Morgan fingerprint density at radius 2 is 1.62 bits per heavy atom. The van der Waals surface area contributed by atoms with Gasteiger partial charge in [-0.25, -0.2) is 9.69 Å². The first-order valence-electron chi connectivity index (χ1n) is 12.3. The summed E-state index contributed by atoms with van der Waals surface area (Å²) < 4.78 is 0.657. The van der Waals surface area contributed by atoms with Crippen molar-refractivity contribution < 1.29 is 24.6 Å². The van der Waals surface area contributed by atoms with Crippen LogP contribution in [-0.4, -0.2) is 28.0 Å². The van der Waals surface area contributed by atoms with E-state index in [9.17, 15) is 24.6 Å². The first-order chi connectivity index (χ1) is 17.8. The molecule has 2 aliphatic rings. The molecule has 7 nitrogen and oxygen atoms in total. The monoisotopic (exact) mass is 562 g/mol. The van der Waals surface area contributed by atoms with Crippen molar-refractivity contribution in [2.24, 2.45) is 11.8 Å². The van der Waals surface area contributed by atoms with Gasteiger partial charge in [0.05, 0.1) is 17.5 Å². The lowest BCUT2D eigenvalue weighted by atomic mass is 9.75. The number of hydrogen-bond donors (Lipinski definition) is 3. The van der Waals surface area contributed by atoms with E-state index in [0.29, 0.717) is 34.1 Å². The Morgan fingerprint density at radius 3 is 2.22 bits per heavy atom. The maximum Gasteiger partial charge on any atom is 0.329 e. The number of carboxylic acids is 1. The van der Waals surface area contributed by atoms with Crippen molar-refractivity contribution in [3.05, 3.63) is 93.5 Å². The molecule has 2 amide bonds. The van der Waals surface area contributed by atoms with Crippen LogP contribution in [0.2, 0.25) is 0 Å². The highest BCUT2D eigenvalue weighted by Crippen LogP contribution is 2.55. The summed E-state index contributed by atoms with van der Waals surface area (Å²) >= 11 is 3.41. The number of para-hydroxylation sites is 1. The zero-order chi connectivity index (χ0) is 26.5. The molecule has 2 saturated heterocycles. The first-order valence-corrected chi connectivity index (χ1v) is 13.1. The van der Waals surface area contributed by atoms with Gasteiger partial charge in [0.15, 0.2) is 5.54 Å². The van der Waals surface area contributed by atoms with Gasteiger partial charge in [-0.05, 0) is 47.7 Å². The lowest BCUT2D eigenvalue weighted by Gasteiger charge is -2.32. The number of halogens is 1. The molecule has 3 aromatic rings. The number of aliphatic carboxylic acids is 1. The molecule has 0 bridgehead atoms. The summed E-state index contributed by atoms with van der Waals surface area (Å²) in [5.74, 6) is -4.64. The van der Waals surface area contributed by atoms with E-state index in [4.69, 9.17) is 0 Å². The van der Waals surface area contributed by atoms with Crippen molar-refractivity contribution in [3.63, 3.8) is 0 Å². The first kappa shape index (κ1) is 25.2. The molecule has 2 fully saturated rings. The predicted octanol–water partition coefficient (Wildman–Crippen LogP) is 4.71. The lowest BCUT2D eigenvalue weighted by molar-refractivity contribution is -0.149. The van der Waals surface area contributed by atoms with Gasteiger partial charge in [0.2, 0.25) is 11.8 Å². The van der Waals surface area contributed by atoms with E-state index in [0.717, 1.165) is 11.1 Å². The number of carbonyl (C=O) groups excluding carboxylic acids is 2. The number of carbonyl (C=O) groups is 3. The molecule has 190 valence electrons. The van der Waals surface area contributed by atoms with Gasteiger partial charge in [-0.1, -0.05) is 78.3 Å². The zero-order valence-electron chi connectivity index (χ0n) is 20.4. The van der Waals surface area contributed by atoms with Crippen LogP contribution in [0.5, 0.6) is 5.75 Å². The average molecular weight is 563 g/mol. The number of fused-ring (bicyclic) bond motifs is 1. The summed E-state index contributed by atoms with van der Waals surface area (Å²) in [5.41, 5.74) is 1.08. The Labute approximate surface area is 223 Å². The van der Waals surface area contributed by atoms with Crippen LogP contribution in [-0.2, 0) is 32.8 Å². The number of nitrogens with zero attached hydrogens (tertiary/aromatic N) is 1. The third-order valence-electron chi connectivity index (χ3n) is 7.64. The van der Waals surface area contributed by atoms with Crippen LogP contribution in [0.25, 0.3) is 0 Å². The molecule has 8 heteroatoms. The standard InChI is InChI=1S/C29H27BrN2O5/c1-3-16-9-8-10-17(4-2)25(16)32-26(34)22-23(27(32)35)29(28(36)37,18-11-6-5-7-12-18)31-24(22)20-15-19(30)13-14-21(20)33/h5-15,22-24,31,33H,3-4H2,1-2H3,(H,36,37). The van der Waals surface area contributed by atoms with Crippen LogP contribution in [0.1, 0.15) is 42.1 Å². The van der Waals surface area contributed by atoms with Crippen molar-refractivity contribution in [2.45, 2.75) is 38.3 Å². The molecular formula is C29H27BrN2O5. The number of phenols is 1. The van der Waals surface area contributed by atoms with Crippen LogP contribution in [0.15, 0.2) is 71.2 Å². The molecule has 2 aliphatic heterocycles. The summed E-state index contributed by atoms with van der Waals surface area (Å²) in [4.78, 5) is 42.8. The molecule has 0 spiro atoms. The second-order valence-corrected chi connectivity index (χ2v) is 10.4. The molecule has 0 radical (unpaired) electrons. The number of anilines is 1. The Balaban J connectivity index is 1.78. The van der Waals surface area contributed by atoms with Crippen LogP contribution in [0.4, 0.5) is 5.69 Å². The molecule has 4 atom stereocenters. The Bertz CT molecular complexity index is 1390. The summed E-state index contributed by atoms with van der Waals surface area (Å²) in [6, 6.07) is 18.1. The lowest BCUT2D eigenvalue weighted by Crippen LogP contribution is -2.53. The van der Waals surface area contributed by atoms with Crippen LogP contribution < -0.4 is 10.2 Å². The summed E-state index contributed by atoms with van der Waals surface area (Å²) in [7, 11) is 0. The smallest absolute Gasteiger partial charge is 0.329 e. The Kier molecular flexibility index (Phi) is 6.41. The normalized spacial score (nSPS) is 24.9. The zero-order valence-corrected chi connectivity index (χ0v) is 22.0. The quantitative estimate of drug-likeness (QED) is 0.375. The second-order valence-electron chi connectivity index (χ2n) is 9.45. The van der Waals surface area contributed by atoms with Crippen molar-refractivity contribution in [1.82, 2.24) is 5.32 Å². The van der Waals surface area contributed by atoms with Crippen molar-refractivity contribution in [3.8, 4) is 5.75 Å². The molecule has 37 heavy (non-hydrogen) atoms. The average Bonchev–Trinajstić information content (AvgIpc) is 3.39. The minimum absolute atomic E-state index is 0.0874. The third-order valence-corrected chi connectivity index (χ3v) is 8.13. The molecule has 0 aliphatic carbocycles. The van der Waals surface area contributed by atoms with Gasteiger partial charge >= 0.3 is 5.97 Å². The number of phenolic OH excluding ortho intramolecular Hbond substituents is 1. The molecule has 0 saturated carbocycles. The minimum atomic E-state index is -1.87. The van der Waals surface area contributed by atoms with E-state index in [1.807, 2.05) is 32.0 Å². The van der Waals surface area contributed by atoms with Gasteiger partial charge in [-0.15, -0.1) is 0 Å². The van der Waals surface area contributed by atoms with Gasteiger partial charge < -0.3 is 10.2 Å². The molecule has 4 unspecified atom stereocenters. The number of amides is 2. The van der Waals surface area contributed by atoms with E-state index >= 15 is 0 Å². The third kappa shape index (κ3) is 3.69. The maximum atomic E-state index is 14.3. The molecule has 2 heterocycles. The number of carboxylic acid groups (broad SMARTS) is 1. The highest BCUT2D eigenvalue weighted by Gasteiger charge is 2.69. The predicted molar refractivity (Wildman–Crippen MR) is 142 cm³/mol. The van der Waals surface area contributed by atoms with E-state index in [-0.39, 0.29) is 5.75 Å². The summed E-state index contributed by atoms with van der Waals surface area (Å²) in [6.07, 6.45) is 1.21. The fourth-order valence-corrected chi connectivity index (χ4v) is 6.34. The topological polar surface area (TPSA) is 107 Å². The fourth-order valence-electron chi connectivity index (χ4n) is 5.96. The molecule has 3 N–H and O–H groups in total. The number of rotatable bonds is 6. The molecular weight excluding hydrogens is 536 g/mol. The van der Waals surface area contributed by atoms with Crippen molar-refractivity contribution >= 4 is 39.4 Å². The largest absolute Gasteiger partial charge is 0.508 e. The highest BCUT2D eigenvalue weighted by molar-refractivity contribution is 9.10. The number of aryl methyl sites for hydroxylation is 2. The highest BCUT2D eigenvalue weighted by atomic mass is 79.9. The number of hydrogen-bond acceptors (Lipinski definition) is 5. The Morgan fingerprint density at radius 1 is 0.973 bits per heavy atom. The van der Waals surface area contributed by atoms with Crippen molar-refractivity contribution in [2.75, 3.05) is 4.90 Å². The van der Waals surface area contributed by atoms with Crippen molar-refractivity contribution in [1.29, 1.82) is 0 Å².